The van der Waals surface area contributed by atoms with Gasteiger partial charge in [-0.25, -0.2) is 4.79 Å². The van der Waals surface area contributed by atoms with Crippen LogP contribution in [0.2, 0.25) is 18.1 Å². The number of rotatable bonds is 6. The molecular formula is C12H26O4Si. The van der Waals surface area contributed by atoms with Crippen molar-refractivity contribution in [2.24, 2.45) is 0 Å². The molecule has 0 aromatic carbocycles. The standard InChI is InChI=1S/C12H26O4Si/c1-12(2,3)17(6,7)16-10(8-9-14-4)11(13)15-5/h10H,8-9H2,1-7H3/t10-/m0/s1. The molecule has 1 atom stereocenters. The Balaban J connectivity index is 4.68. The lowest BCUT2D eigenvalue weighted by atomic mass is 10.2. The highest BCUT2D eigenvalue weighted by atomic mass is 28.4. The van der Waals surface area contributed by atoms with Gasteiger partial charge in [0.15, 0.2) is 8.32 Å². The third-order valence-electron chi connectivity index (χ3n) is 3.29. The van der Waals surface area contributed by atoms with Crippen LogP contribution in [0.25, 0.3) is 0 Å². The molecular weight excluding hydrogens is 236 g/mol. The number of hydrogen-bond acceptors (Lipinski definition) is 4. The van der Waals surface area contributed by atoms with Crippen LogP contribution in [0, 0.1) is 0 Å². The Bertz CT molecular complexity index is 245. The molecule has 17 heavy (non-hydrogen) atoms. The Morgan fingerprint density at radius 1 is 1.24 bits per heavy atom. The first-order chi connectivity index (χ1) is 7.65. The van der Waals surface area contributed by atoms with Crippen LogP contribution in [-0.2, 0) is 18.7 Å². The number of carbonyl (C=O) groups excluding carboxylic acids is 1. The molecule has 0 rings (SSSR count). The zero-order valence-corrected chi connectivity index (χ0v) is 13.1. The summed E-state index contributed by atoms with van der Waals surface area (Å²) in [5, 5.41) is 0.0757. The van der Waals surface area contributed by atoms with Crippen LogP contribution in [0.5, 0.6) is 0 Å². The predicted molar refractivity (Wildman–Crippen MR) is 70.6 cm³/mol. The molecule has 0 unspecified atom stereocenters. The lowest BCUT2D eigenvalue weighted by Gasteiger charge is -2.38. The summed E-state index contributed by atoms with van der Waals surface area (Å²) in [6, 6.07) is 0. The highest BCUT2D eigenvalue weighted by Gasteiger charge is 2.40. The monoisotopic (exact) mass is 262 g/mol. The van der Waals surface area contributed by atoms with E-state index >= 15 is 0 Å². The Morgan fingerprint density at radius 3 is 2.12 bits per heavy atom. The number of carbonyl (C=O) groups is 1. The summed E-state index contributed by atoms with van der Waals surface area (Å²) in [5.41, 5.74) is 0. The fourth-order valence-electron chi connectivity index (χ4n) is 1.11. The fourth-order valence-corrected chi connectivity index (χ4v) is 2.39. The molecule has 0 aromatic rings. The highest BCUT2D eigenvalue weighted by Crippen LogP contribution is 2.37. The molecule has 0 aliphatic heterocycles. The van der Waals surface area contributed by atoms with Crippen LogP contribution < -0.4 is 0 Å². The Morgan fingerprint density at radius 2 is 1.76 bits per heavy atom. The highest BCUT2D eigenvalue weighted by molar-refractivity contribution is 6.74. The molecule has 0 N–H and O–H groups in total. The van der Waals surface area contributed by atoms with Crippen molar-refractivity contribution in [3.63, 3.8) is 0 Å². The van der Waals surface area contributed by atoms with Crippen LogP contribution in [0.15, 0.2) is 0 Å². The number of hydrogen-bond donors (Lipinski definition) is 0. The van der Waals surface area contributed by atoms with Gasteiger partial charge in [-0.15, -0.1) is 0 Å². The van der Waals surface area contributed by atoms with E-state index in [9.17, 15) is 4.79 Å². The molecule has 0 aliphatic rings. The van der Waals surface area contributed by atoms with Crippen molar-refractivity contribution in [3.8, 4) is 0 Å². The molecule has 0 aliphatic carbocycles. The van der Waals surface area contributed by atoms with E-state index in [0.29, 0.717) is 13.0 Å². The van der Waals surface area contributed by atoms with Crippen molar-refractivity contribution in [2.45, 2.75) is 51.4 Å². The molecule has 0 fully saturated rings. The quantitative estimate of drug-likeness (QED) is 0.545. The van der Waals surface area contributed by atoms with E-state index in [4.69, 9.17) is 13.9 Å². The van der Waals surface area contributed by atoms with Gasteiger partial charge in [0.2, 0.25) is 0 Å². The first kappa shape index (κ1) is 16.6. The zero-order valence-electron chi connectivity index (χ0n) is 12.1. The molecule has 0 radical (unpaired) electrons. The van der Waals surface area contributed by atoms with Gasteiger partial charge < -0.3 is 13.9 Å². The maximum Gasteiger partial charge on any atom is 0.333 e. The fraction of sp³-hybridized carbons (Fsp3) is 0.917. The number of esters is 1. The molecule has 0 spiro atoms. The second kappa shape index (κ2) is 6.52. The summed E-state index contributed by atoms with van der Waals surface area (Å²) < 4.78 is 15.8. The van der Waals surface area contributed by atoms with E-state index in [0.717, 1.165) is 0 Å². The minimum absolute atomic E-state index is 0.0757. The smallest absolute Gasteiger partial charge is 0.333 e. The largest absolute Gasteiger partial charge is 0.467 e. The van der Waals surface area contributed by atoms with Gasteiger partial charge in [-0.05, 0) is 18.1 Å². The number of methoxy groups -OCH3 is 2. The third kappa shape index (κ3) is 5.19. The van der Waals surface area contributed by atoms with Crippen molar-refractivity contribution >= 4 is 14.3 Å². The first-order valence-electron chi connectivity index (χ1n) is 5.90. The average Bonchev–Trinajstić information content (AvgIpc) is 2.21. The molecule has 0 bridgehead atoms. The topological polar surface area (TPSA) is 44.8 Å². The zero-order chi connectivity index (χ0) is 13.7. The van der Waals surface area contributed by atoms with Crippen LogP contribution in [-0.4, -0.2) is 41.2 Å². The molecule has 4 nitrogen and oxygen atoms in total. The summed E-state index contributed by atoms with van der Waals surface area (Å²) in [6.07, 6.45) is 0.0243. The van der Waals surface area contributed by atoms with Gasteiger partial charge in [0.1, 0.15) is 6.10 Å². The van der Waals surface area contributed by atoms with Gasteiger partial charge in [0.05, 0.1) is 7.11 Å². The summed E-state index contributed by atoms with van der Waals surface area (Å²) in [5.74, 6) is -0.313. The Kier molecular flexibility index (Phi) is 6.36. The van der Waals surface area contributed by atoms with E-state index in [1.54, 1.807) is 7.11 Å². The molecule has 0 amide bonds. The Labute approximate surface area is 106 Å². The van der Waals surface area contributed by atoms with Crippen molar-refractivity contribution in [3.05, 3.63) is 0 Å². The maximum atomic E-state index is 11.6. The lowest BCUT2D eigenvalue weighted by molar-refractivity contribution is -0.150. The average molecular weight is 262 g/mol. The lowest BCUT2D eigenvalue weighted by Crippen LogP contribution is -2.46. The van der Waals surface area contributed by atoms with Crippen LogP contribution in [0.1, 0.15) is 27.2 Å². The van der Waals surface area contributed by atoms with Gasteiger partial charge in [-0.3, -0.25) is 0 Å². The van der Waals surface area contributed by atoms with Crippen molar-refractivity contribution in [1.29, 1.82) is 0 Å². The SMILES string of the molecule is COCC[C@H](O[Si](C)(C)C(C)(C)C)C(=O)OC. The molecule has 0 saturated heterocycles. The summed E-state index contributed by atoms with van der Waals surface area (Å²) >= 11 is 0. The van der Waals surface area contributed by atoms with Gasteiger partial charge >= 0.3 is 5.97 Å². The van der Waals surface area contributed by atoms with E-state index in [-0.39, 0.29) is 11.0 Å². The number of ether oxygens (including phenoxy) is 2. The van der Waals surface area contributed by atoms with Crippen molar-refractivity contribution in [1.82, 2.24) is 0 Å². The van der Waals surface area contributed by atoms with E-state index in [1.165, 1.54) is 7.11 Å². The Hall–Kier alpha value is -0.393. The minimum atomic E-state index is -1.95. The maximum absolute atomic E-state index is 11.6. The van der Waals surface area contributed by atoms with Crippen LogP contribution >= 0.6 is 0 Å². The molecule has 0 heterocycles. The minimum Gasteiger partial charge on any atom is -0.467 e. The van der Waals surface area contributed by atoms with Gasteiger partial charge in [0, 0.05) is 20.1 Å². The molecule has 102 valence electrons. The normalized spacial score (nSPS) is 14.5. The second-order valence-electron chi connectivity index (χ2n) is 5.67. The van der Waals surface area contributed by atoms with Crippen molar-refractivity contribution in [2.75, 3.05) is 20.8 Å². The molecule has 0 aromatic heterocycles. The van der Waals surface area contributed by atoms with E-state index < -0.39 is 14.4 Å². The summed E-state index contributed by atoms with van der Waals surface area (Å²) in [7, 11) is 1.04. The van der Waals surface area contributed by atoms with Gasteiger partial charge in [0.25, 0.3) is 0 Å². The van der Waals surface area contributed by atoms with Gasteiger partial charge in [-0.1, -0.05) is 20.8 Å². The predicted octanol–water partition coefficient (Wildman–Crippen LogP) is 2.59. The van der Waals surface area contributed by atoms with E-state index in [2.05, 4.69) is 33.9 Å². The first-order valence-corrected chi connectivity index (χ1v) is 8.81. The molecule has 0 saturated carbocycles. The second-order valence-corrected chi connectivity index (χ2v) is 10.4. The third-order valence-corrected chi connectivity index (χ3v) is 7.78. The van der Waals surface area contributed by atoms with E-state index in [1.807, 2.05) is 0 Å². The van der Waals surface area contributed by atoms with Crippen LogP contribution in [0.3, 0.4) is 0 Å². The summed E-state index contributed by atoms with van der Waals surface area (Å²) in [4.78, 5) is 11.6. The summed E-state index contributed by atoms with van der Waals surface area (Å²) in [6.45, 7) is 11.2. The molecule has 5 heteroatoms. The van der Waals surface area contributed by atoms with Gasteiger partial charge in [-0.2, -0.15) is 0 Å². The van der Waals surface area contributed by atoms with Crippen LogP contribution in [0.4, 0.5) is 0 Å². The van der Waals surface area contributed by atoms with Crippen molar-refractivity contribution < 1.29 is 18.7 Å².